The predicted octanol–water partition coefficient (Wildman–Crippen LogP) is 3.58. The van der Waals surface area contributed by atoms with Crippen molar-refractivity contribution in [2.24, 2.45) is 5.73 Å². The SMILES string of the molecule is CCC(N)c1ccc(C(F)(F)F)c(C)c1.F. The van der Waals surface area contributed by atoms with Crippen LogP contribution in [0.2, 0.25) is 0 Å². The number of aryl methyl sites for hydroxylation is 1. The minimum Gasteiger partial charge on any atom is -0.324 e. The van der Waals surface area contributed by atoms with Gasteiger partial charge in [0.25, 0.3) is 0 Å². The molecular formula is C11H15F4N. The molecule has 0 aliphatic heterocycles. The molecule has 1 aromatic carbocycles. The first kappa shape index (κ1) is 14.9. The molecule has 1 unspecified atom stereocenters. The average molecular weight is 237 g/mol. The van der Waals surface area contributed by atoms with Crippen LogP contribution < -0.4 is 5.73 Å². The number of nitrogens with two attached hydrogens (primary N) is 1. The second kappa shape index (κ2) is 5.30. The Hall–Kier alpha value is -1.10. The highest BCUT2D eigenvalue weighted by molar-refractivity contribution is 5.34. The summed E-state index contributed by atoms with van der Waals surface area (Å²) < 4.78 is 37.3. The van der Waals surface area contributed by atoms with Crippen LogP contribution in [0.5, 0.6) is 0 Å². The van der Waals surface area contributed by atoms with Crippen molar-refractivity contribution in [1.29, 1.82) is 0 Å². The monoisotopic (exact) mass is 237 g/mol. The molecule has 1 rings (SSSR count). The largest absolute Gasteiger partial charge is 0.416 e. The second-order valence-electron chi connectivity index (χ2n) is 3.59. The summed E-state index contributed by atoms with van der Waals surface area (Å²) >= 11 is 0. The van der Waals surface area contributed by atoms with E-state index in [1.54, 1.807) is 0 Å². The Labute approximate surface area is 91.8 Å². The molecule has 0 spiro atoms. The zero-order valence-electron chi connectivity index (χ0n) is 9.14. The first-order valence-electron chi connectivity index (χ1n) is 4.79. The van der Waals surface area contributed by atoms with Gasteiger partial charge in [0.2, 0.25) is 0 Å². The molecule has 0 bridgehead atoms. The van der Waals surface area contributed by atoms with Crippen molar-refractivity contribution in [1.82, 2.24) is 0 Å². The van der Waals surface area contributed by atoms with E-state index in [1.807, 2.05) is 6.92 Å². The Morgan fingerprint density at radius 1 is 1.31 bits per heavy atom. The maximum absolute atomic E-state index is 12.4. The molecule has 0 saturated carbocycles. The van der Waals surface area contributed by atoms with Crippen molar-refractivity contribution in [3.63, 3.8) is 0 Å². The lowest BCUT2D eigenvalue weighted by atomic mass is 9.99. The zero-order chi connectivity index (χ0) is 11.6. The van der Waals surface area contributed by atoms with Crippen LogP contribution in [0.4, 0.5) is 17.9 Å². The fourth-order valence-corrected chi connectivity index (χ4v) is 1.47. The Morgan fingerprint density at radius 2 is 1.88 bits per heavy atom. The number of alkyl halides is 3. The Morgan fingerprint density at radius 3 is 2.25 bits per heavy atom. The summed E-state index contributed by atoms with van der Waals surface area (Å²) in [5, 5.41) is 0. The minimum atomic E-state index is -4.28. The standard InChI is InChI=1S/C11H14F3N.FH/c1-3-10(15)8-4-5-9(7(2)6-8)11(12,13)14;/h4-6,10H,3,15H2,1-2H3;1H. The summed E-state index contributed by atoms with van der Waals surface area (Å²) in [6.45, 7) is 3.35. The topological polar surface area (TPSA) is 26.0 Å². The maximum atomic E-state index is 12.4. The van der Waals surface area contributed by atoms with Crippen molar-refractivity contribution in [2.45, 2.75) is 32.5 Å². The quantitative estimate of drug-likeness (QED) is 0.782. The molecule has 0 aliphatic rings. The van der Waals surface area contributed by atoms with E-state index < -0.39 is 11.7 Å². The average Bonchev–Trinajstić information content (AvgIpc) is 2.14. The number of rotatable bonds is 2. The molecule has 0 aromatic heterocycles. The molecule has 0 heterocycles. The van der Waals surface area contributed by atoms with Crippen LogP contribution in [0.25, 0.3) is 0 Å². The fraction of sp³-hybridized carbons (Fsp3) is 0.455. The molecule has 2 N–H and O–H groups in total. The van der Waals surface area contributed by atoms with Crippen LogP contribution in [0.1, 0.15) is 36.1 Å². The summed E-state index contributed by atoms with van der Waals surface area (Å²) in [5.41, 5.74) is 6.13. The first-order chi connectivity index (χ1) is 6.86. The smallest absolute Gasteiger partial charge is 0.324 e. The third-order valence-electron chi connectivity index (χ3n) is 2.42. The molecule has 0 amide bonds. The van der Waals surface area contributed by atoms with E-state index in [1.165, 1.54) is 19.1 Å². The van der Waals surface area contributed by atoms with Gasteiger partial charge in [0.05, 0.1) is 5.56 Å². The number of hydrogen-bond acceptors (Lipinski definition) is 1. The summed E-state index contributed by atoms with van der Waals surface area (Å²) in [6, 6.07) is 3.87. The number of hydrogen-bond donors (Lipinski definition) is 1. The van der Waals surface area contributed by atoms with Crippen LogP contribution in [-0.4, -0.2) is 0 Å². The molecule has 1 nitrogen and oxygen atoms in total. The summed E-state index contributed by atoms with van der Waals surface area (Å²) in [5.74, 6) is 0. The lowest BCUT2D eigenvalue weighted by Gasteiger charge is -2.14. The van der Waals surface area contributed by atoms with E-state index in [0.717, 1.165) is 11.6 Å². The number of benzene rings is 1. The van der Waals surface area contributed by atoms with E-state index in [0.29, 0.717) is 6.42 Å². The summed E-state index contributed by atoms with van der Waals surface area (Å²) in [4.78, 5) is 0. The lowest BCUT2D eigenvalue weighted by Crippen LogP contribution is -2.12. The van der Waals surface area contributed by atoms with Crippen LogP contribution in [0, 0.1) is 6.92 Å². The van der Waals surface area contributed by atoms with E-state index >= 15 is 0 Å². The third kappa shape index (κ3) is 3.20. The van der Waals surface area contributed by atoms with Crippen molar-refractivity contribution in [2.75, 3.05) is 0 Å². The van der Waals surface area contributed by atoms with Gasteiger partial charge in [-0.15, -0.1) is 0 Å². The Balaban J connectivity index is 0.00000225. The lowest BCUT2D eigenvalue weighted by molar-refractivity contribution is -0.138. The molecule has 1 aromatic rings. The molecule has 0 fully saturated rings. The van der Waals surface area contributed by atoms with Gasteiger partial charge in [0.1, 0.15) is 0 Å². The van der Waals surface area contributed by atoms with Gasteiger partial charge in [-0.1, -0.05) is 19.1 Å². The Bertz CT molecular complexity index is 346. The summed E-state index contributed by atoms with van der Waals surface area (Å²) in [6.07, 6.45) is -3.57. The molecule has 16 heavy (non-hydrogen) atoms. The van der Waals surface area contributed by atoms with Crippen LogP contribution in [0.15, 0.2) is 18.2 Å². The summed E-state index contributed by atoms with van der Waals surface area (Å²) in [7, 11) is 0. The van der Waals surface area contributed by atoms with E-state index in [-0.39, 0.29) is 16.3 Å². The van der Waals surface area contributed by atoms with Gasteiger partial charge in [0.15, 0.2) is 0 Å². The molecule has 0 aliphatic carbocycles. The zero-order valence-corrected chi connectivity index (χ0v) is 9.14. The highest BCUT2D eigenvalue weighted by Crippen LogP contribution is 2.32. The van der Waals surface area contributed by atoms with Crippen molar-refractivity contribution < 1.29 is 17.9 Å². The maximum Gasteiger partial charge on any atom is 0.416 e. The first-order valence-corrected chi connectivity index (χ1v) is 4.79. The predicted molar refractivity (Wildman–Crippen MR) is 55.9 cm³/mol. The van der Waals surface area contributed by atoms with Crippen molar-refractivity contribution >= 4 is 0 Å². The van der Waals surface area contributed by atoms with Gasteiger partial charge in [0, 0.05) is 6.04 Å². The number of halogens is 4. The molecular weight excluding hydrogens is 222 g/mol. The van der Waals surface area contributed by atoms with E-state index in [4.69, 9.17) is 5.73 Å². The fourth-order valence-electron chi connectivity index (χ4n) is 1.47. The highest BCUT2D eigenvalue weighted by Gasteiger charge is 2.32. The van der Waals surface area contributed by atoms with Gasteiger partial charge >= 0.3 is 6.18 Å². The second-order valence-corrected chi connectivity index (χ2v) is 3.59. The van der Waals surface area contributed by atoms with Crippen LogP contribution >= 0.6 is 0 Å². The molecule has 5 heteroatoms. The molecule has 0 radical (unpaired) electrons. The van der Waals surface area contributed by atoms with Crippen LogP contribution in [0.3, 0.4) is 0 Å². The van der Waals surface area contributed by atoms with Crippen LogP contribution in [-0.2, 0) is 6.18 Å². The van der Waals surface area contributed by atoms with E-state index in [9.17, 15) is 13.2 Å². The van der Waals surface area contributed by atoms with Gasteiger partial charge < -0.3 is 5.73 Å². The Kier molecular flexibility index (Phi) is 4.93. The van der Waals surface area contributed by atoms with E-state index in [2.05, 4.69) is 0 Å². The van der Waals surface area contributed by atoms with Gasteiger partial charge in [-0.25, -0.2) is 0 Å². The van der Waals surface area contributed by atoms with Gasteiger partial charge in [-0.3, -0.25) is 4.70 Å². The normalized spacial score (nSPS) is 13.1. The van der Waals surface area contributed by atoms with Crippen molar-refractivity contribution in [3.05, 3.63) is 34.9 Å². The molecule has 0 saturated heterocycles. The van der Waals surface area contributed by atoms with Gasteiger partial charge in [-0.2, -0.15) is 13.2 Å². The highest BCUT2D eigenvalue weighted by atomic mass is 19.4. The third-order valence-corrected chi connectivity index (χ3v) is 2.42. The molecule has 1 atom stereocenters. The minimum absolute atomic E-state index is 0. The molecule has 92 valence electrons. The van der Waals surface area contributed by atoms with Gasteiger partial charge in [-0.05, 0) is 30.5 Å². The van der Waals surface area contributed by atoms with Crippen molar-refractivity contribution in [3.8, 4) is 0 Å².